The molecule has 1 aromatic carbocycles. The molecule has 0 spiro atoms. The van der Waals surface area contributed by atoms with E-state index in [1.165, 1.54) is 18.9 Å². The van der Waals surface area contributed by atoms with Gasteiger partial charge in [-0.05, 0) is 55.7 Å². The lowest BCUT2D eigenvalue weighted by Gasteiger charge is -2.18. The fourth-order valence-corrected chi connectivity index (χ4v) is 2.69. The highest BCUT2D eigenvalue weighted by Gasteiger charge is 2.28. The van der Waals surface area contributed by atoms with E-state index in [0.717, 1.165) is 17.5 Å². The Hall–Kier alpha value is -1.42. The molecular formula is C16H20FNO2. The van der Waals surface area contributed by atoms with Crippen molar-refractivity contribution < 1.29 is 13.9 Å². The van der Waals surface area contributed by atoms with Crippen molar-refractivity contribution >= 4 is 5.91 Å². The molecule has 20 heavy (non-hydrogen) atoms. The van der Waals surface area contributed by atoms with E-state index in [1.54, 1.807) is 13.0 Å². The summed E-state index contributed by atoms with van der Waals surface area (Å²) in [6.07, 6.45) is 3.43. The minimum atomic E-state index is -0.437. The van der Waals surface area contributed by atoms with E-state index in [0.29, 0.717) is 18.9 Å². The first-order chi connectivity index (χ1) is 9.65. The third-order valence-corrected chi connectivity index (χ3v) is 4.18. The molecule has 4 heteroatoms. The number of hydrogen-bond donors (Lipinski definition) is 1. The van der Waals surface area contributed by atoms with Gasteiger partial charge in [-0.25, -0.2) is 4.39 Å². The predicted molar refractivity (Wildman–Crippen MR) is 73.7 cm³/mol. The number of fused-ring (bicyclic) bond motifs is 1. The summed E-state index contributed by atoms with van der Waals surface area (Å²) in [6, 6.07) is 4.99. The Morgan fingerprint density at radius 1 is 1.45 bits per heavy atom. The van der Waals surface area contributed by atoms with E-state index in [9.17, 15) is 9.18 Å². The van der Waals surface area contributed by atoms with Crippen LogP contribution in [0.1, 0.15) is 43.4 Å². The maximum absolute atomic E-state index is 13.6. The van der Waals surface area contributed by atoms with Crippen molar-refractivity contribution in [2.45, 2.75) is 44.8 Å². The maximum Gasteiger partial charge on any atom is 0.249 e. The van der Waals surface area contributed by atoms with Gasteiger partial charge in [-0.2, -0.15) is 0 Å². The largest absolute Gasteiger partial charge is 0.368 e. The molecule has 0 heterocycles. The van der Waals surface area contributed by atoms with Crippen LogP contribution in [0, 0.1) is 11.7 Å². The summed E-state index contributed by atoms with van der Waals surface area (Å²) in [4.78, 5) is 12.1. The fraction of sp³-hybridized carbons (Fsp3) is 0.562. The van der Waals surface area contributed by atoms with Crippen molar-refractivity contribution in [2.75, 3.05) is 6.61 Å². The lowest BCUT2D eigenvalue weighted by molar-refractivity contribution is -0.132. The summed E-state index contributed by atoms with van der Waals surface area (Å²) in [7, 11) is 0. The molecule has 0 bridgehead atoms. The average Bonchev–Trinajstić information content (AvgIpc) is 3.18. The summed E-state index contributed by atoms with van der Waals surface area (Å²) in [6.45, 7) is 2.45. The summed E-state index contributed by atoms with van der Waals surface area (Å²) in [5, 5.41) is 2.98. The third kappa shape index (κ3) is 2.85. The summed E-state index contributed by atoms with van der Waals surface area (Å²) in [5.74, 6) is 0.372. The van der Waals surface area contributed by atoms with Crippen molar-refractivity contribution in [1.82, 2.24) is 5.32 Å². The van der Waals surface area contributed by atoms with Crippen LogP contribution in [0.5, 0.6) is 0 Å². The van der Waals surface area contributed by atoms with Crippen molar-refractivity contribution in [3.63, 3.8) is 0 Å². The maximum atomic E-state index is 13.6. The molecule has 0 unspecified atom stereocenters. The van der Waals surface area contributed by atoms with Gasteiger partial charge in [0.25, 0.3) is 0 Å². The van der Waals surface area contributed by atoms with E-state index in [1.807, 2.05) is 6.07 Å². The predicted octanol–water partition coefficient (Wildman–Crippen LogP) is 2.74. The fourth-order valence-electron chi connectivity index (χ4n) is 2.69. The summed E-state index contributed by atoms with van der Waals surface area (Å²) < 4.78 is 19.2. The number of carbonyl (C=O) groups excluding carboxylic acids is 1. The van der Waals surface area contributed by atoms with Gasteiger partial charge in [0.15, 0.2) is 0 Å². The van der Waals surface area contributed by atoms with E-state index in [-0.39, 0.29) is 17.8 Å². The SMILES string of the molecule is C[C@H](OCC1CC1)C(=O)N[C@H]1CCc2c(F)cccc21. The Balaban J connectivity index is 1.58. The van der Waals surface area contributed by atoms with Gasteiger partial charge in [0.05, 0.1) is 12.6 Å². The van der Waals surface area contributed by atoms with Gasteiger partial charge in [-0.15, -0.1) is 0 Å². The van der Waals surface area contributed by atoms with E-state index in [4.69, 9.17) is 4.74 Å². The van der Waals surface area contributed by atoms with Gasteiger partial charge in [0.1, 0.15) is 11.9 Å². The van der Waals surface area contributed by atoms with Crippen LogP contribution >= 0.6 is 0 Å². The Labute approximate surface area is 118 Å². The molecule has 1 aromatic rings. The molecule has 1 N–H and O–H groups in total. The Bertz CT molecular complexity index is 513. The van der Waals surface area contributed by atoms with Gasteiger partial charge >= 0.3 is 0 Å². The zero-order valence-electron chi connectivity index (χ0n) is 11.7. The molecule has 1 saturated carbocycles. The second-order valence-electron chi connectivity index (χ2n) is 5.83. The van der Waals surface area contributed by atoms with Gasteiger partial charge in [-0.1, -0.05) is 12.1 Å². The van der Waals surface area contributed by atoms with Crippen LogP contribution in [0.2, 0.25) is 0 Å². The van der Waals surface area contributed by atoms with Crippen molar-refractivity contribution in [2.24, 2.45) is 5.92 Å². The molecule has 2 atom stereocenters. The highest BCUT2D eigenvalue weighted by atomic mass is 19.1. The highest BCUT2D eigenvalue weighted by Crippen LogP contribution is 2.33. The Morgan fingerprint density at radius 3 is 3.00 bits per heavy atom. The number of carbonyl (C=O) groups is 1. The molecule has 1 amide bonds. The quantitative estimate of drug-likeness (QED) is 0.898. The van der Waals surface area contributed by atoms with Crippen LogP contribution in [-0.4, -0.2) is 18.6 Å². The Kier molecular flexibility index (Phi) is 3.74. The molecule has 0 radical (unpaired) electrons. The summed E-state index contributed by atoms with van der Waals surface area (Å²) in [5.41, 5.74) is 1.65. The number of nitrogens with one attached hydrogen (secondary N) is 1. The second-order valence-corrected chi connectivity index (χ2v) is 5.83. The van der Waals surface area contributed by atoms with Crippen LogP contribution in [0.15, 0.2) is 18.2 Å². The highest BCUT2D eigenvalue weighted by molar-refractivity contribution is 5.81. The minimum Gasteiger partial charge on any atom is -0.368 e. The van der Waals surface area contributed by atoms with Crippen molar-refractivity contribution in [3.8, 4) is 0 Å². The van der Waals surface area contributed by atoms with E-state index < -0.39 is 6.10 Å². The molecule has 2 aliphatic carbocycles. The second kappa shape index (κ2) is 5.52. The molecule has 0 saturated heterocycles. The molecule has 0 aliphatic heterocycles. The molecule has 0 aromatic heterocycles. The molecule has 2 aliphatic rings. The monoisotopic (exact) mass is 277 g/mol. The zero-order valence-corrected chi connectivity index (χ0v) is 11.7. The standard InChI is InChI=1S/C16H20FNO2/c1-10(20-9-11-5-6-11)16(19)18-15-8-7-12-13(15)3-2-4-14(12)17/h2-4,10-11,15H,5-9H2,1H3,(H,18,19)/t10-,15-/m0/s1. The van der Waals surface area contributed by atoms with E-state index in [2.05, 4.69) is 5.32 Å². The van der Waals surface area contributed by atoms with Gasteiger partial charge in [-0.3, -0.25) is 4.79 Å². The van der Waals surface area contributed by atoms with Crippen molar-refractivity contribution in [1.29, 1.82) is 0 Å². The molecule has 3 nitrogen and oxygen atoms in total. The van der Waals surface area contributed by atoms with Crippen LogP contribution in [-0.2, 0) is 16.0 Å². The first kappa shape index (κ1) is 13.6. The first-order valence-corrected chi connectivity index (χ1v) is 7.34. The normalized spacial score (nSPS) is 22.4. The molecule has 108 valence electrons. The average molecular weight is 277 g/mol. The van der Waals surface area contributed by atoms with Gasteiger partial charge < -0.3 is 10.1 Å². The van der Waals surface area contributed by atoms with E-state index >= 15 is 0 Å². The molecule has 3 rings (SSSR count). The van der Waals surface area contributed by atoms with Crippen LogP contribution in [0.3, 0.4) is 0 Å². The third-order valence-electron chi connectivity index (χ3n) is 4.18. The lowest BCUT2D eigenvalue weighted by atomic mass is 10.1. The zero-order chi connectivity index (χ0) is 14.1. The van der Waals surface area contributed by atoms with Gasteiger partial charge in [0, 0.05) is 0 Å². The molecular weight excluding hydrogens is 257 g/mol. The molecule has 1 fully saturated rings. The Morgan fingerprint density at radius 2 is 2.25 bits per heavy atom. The number of amides is 1. The van der Waals surface area contributed by atoms with Crippen LogP contribution in [0.25, 0.3) is 0 Å². The number of rotatable bonds is 5. The van der Waals surface area contributed by atoms with Crippen LogP contribution in [0.4, 0.5) is 4.39 Å². The lowest BCUT2D eigenvalue weighted by Crippen LogP contribution is -2.36. The number of hydrogen-bond acceptors (Lipinski definition) is 2. The smallest absolute Gasteiger partial charge is 0.249 e. The number of ether oxygens (including phenoxy) is 1. The topological polar surface area (TPSA) is 38.3 Å². The summed E-state index contributed by atoms with van der Waals surface area (Å²) >= 11 is 0. The van der Waals surface area contributed by atoms with Crippen molar-refractivity contribution in [3.05, 3.63) is 35.1 Å². The van der Waals surface area contributed by atoms with Gasteiger partial charge in [0.2, 0.25) is 5.91 Å². The first-order valence-electron chi connectivity index (χ1n) is 7.34. The number of halogens is 1. The van der Waals surface area contributed by atoms with Crippen LogP contribution < -0.4 is 5.32 Å². The minimum absolute atomic E-state index is 0.0832. The number of benzene rings is 1.